The first-order chi connectivity index (χ1) is 15.5. The minimum absolute atomic E-state index is 0.0398. The first-order valence-electron chi connectivity index (χ1n) is 12.7. The van der Waals surface area contributed by atoms with Gasteiger partial charge in [-0.3, -0.25) is 9.69 Å². The Kier molecular flexibility index (Phi) is 6.54. The number of piperidine rings is 1. The van der Waals surface area contributed by atoms with Crippen LogP contribution in [0.15, 0.2) is 4.42 Å². The van der Waals surface area contributed by atoms with Gasteiger partial charge in [0.2, 0.25) is 17.7 Å². The Balaban J connectivity index is 1.30. The van der Waals surface area contributed by atoms with Crippen LogP contribution in [-0.2, 0) is 9.53 Å². The second-order valence-corrected chi connectivity index (χ2v) is 10.7. The third-order valence-corrected chi connectivity index (χ3v) is 8.24. The Morgan fingerprint density at radius 3 is 2.47 bits per heavy atom. The number of hydrogen-bond acceptors (Lipinski definition) is 7. The molecule has 32 heavy (non-hydrogen) atoms. The number of aromatic nitrogens is 2. The van der Waals surface area contributed by atoms with Crippen LogP contribution in [0.1, 0.15) is 82.5 Å². The van der Waals surface area contributed by atoms with E-state index in [0.29, 0.717) is 44.6 Å². The molecule has 1 aliphatic carbocycles. The molecule has 1 aromatic heterocycles. The summed E-state index contributed by atoms with van der Waals surface area (Å²) >= 11 is 0. The zero-order chi connectivity index (χ0) is 22.1. The summed E-state index contributed by atoms with van der Waals surface area (Å²) in [7, 11) is 0. The lowest BCUT2D eigenvalue weighted by molar-refractivity contribution is -0.136. The predicted molar refractivity (Wildman–Crippen MR) is 120 cm³/mol. The van der Waals surface area contributed by atoms with E-state index in [-0.39, 0.29) is 23.3 Å². The van der Waals surface area contributed by atoms with E-state index in [2.05, 4.69) is 33.8 Å². The maximum absolute atomic E-state index is 13.1. The number of rotatable bonds is 5. The average molecular weight is 446 g/mol. The molecule has 3 aliphatic heterocycles. The van der Waals surface area contributed by atoms with Crippen molar-refractivity contribution in [2.75, 3.05) is 52.5 Å². The quantitative estimate of drug-likeness (QED) is 0.690. The summed E-state index contributed by atoms with van der Waals surface area (Å²) < 4.78 is 11.5. The minimum atomic E-state index is 0.0398. The number of carbonyl (C=O) groups is 1. The van der Waals surface area contributed by atoms with Crippen LogP contribution < -0.4 is 0 Å². The van der Waals surface area contributed by atoms with Gasteiger partial charge in [-0.15, -0.1) is 10.2 Å². The Morgan fingerprint density at radius 2 is 1.81 bits per heavy atom. The first kappa shape index (κ1) is 22.3. The number of morpholine rings is 1. The molecule has 1 atom stereocenters. The number of carbonyl (C=O) groups excluding carboxylic acids is 1. The van der Waals surface area contributed by atoms with Crippen LogP contribution in [0.3, 0.4) is 0 Å². The zero-order valence-electron chi connectivity index (χ0n) is 19.8. The average Bonchev–Trinajstić information content (AvgIpc) is 3.56. The molecule has 4 aliphatic rings. The highest BCUT2D eigenvalue weighted by Gasteiger charge is 2.49. The maximum Gasteiger partial charge on any atom is 0.236 e. The SMILES string of the molecule is CC(C)c1nnc(C2CC3(CCN(C4CCCC4)CC3)CN2CC(=O)N2CCOCC2)o1. The van der Waals surface area contributed by atoms with Crippen molar-refractivity contribution in [1.82, 2.24) is 24.9 Å². The van der Waals surface area contributed by atoms with Gasteiger partial charge in [-0.05, 0) is 50.6 Å². The van der Waals surface area contributed by atoms with Crippen molar-refractivity contribution in [3.05, 3.63) is 11.8 Å². The second kappa shape index (κ2) is 9.39. The van der Waals surface area contributed by atoms with Gasteiger partial charge in [0.1, 0.15) is 0 Å². The molecule has 4 fully saturated rings. The molecule has 178 valence electrons. The van der Waals surface area contributed by atoms with Gasteiger partial charge in [0.05, 0.1) is 25.8 Å². The van der Waals surface area contributed by atoms with Crippen molar-refractivity contribution in [2.24, 2.45) is 5.41 Å². The zero-order valence-corrected chi connectivity index (χ0v) is 19.8. The third kappa shape index (κ3) is 4.59. The molecule has 8 nitrogen and oxygen atoms in total. The van der Waals surface area contributed by atoms with Gasteiger partial charge in [0.25, 0.3) is 0 Å². The lowest BCUT2D eigenvalue weighted by Gasteiger charge is -2.42. The number of ether oxygens (including phenoxy) is 1. The van der Waals surface area contributed by atoms with Crippen molar-refractivity contribution >= 4 is 5.91 Å². The van der Waals surface area contributed by atoms with Gasteiger partial charge in [0, 0.05) is 31.6 Å². The fraction of sp³-hybridized carbons (Fsp3) is 0.875. The molecular weight excluding hydrogens is 406 g/mol. The van der Waals surface area contributed by atoms with Crippen LogP contribution in [0.5, 0.6) is 0 Å². The third-order valence-electron chi connectivity index (χ3n) is 8.24. The molecule has 1 aromatic rings. The minimum Gasteiger partial charge on any atom is -0.423 e. The Hall–Kier alpha value is -1.51. The van der Waals surface area contributed by atoms with E-state index in [1.807, 2.05) is 4.90 Å². The fourth-order valence-electron chi connectivity index (χ4n) is 6.25. The first-order valence-corrected chi connectivity index (χ1v) is 12.7. The molecule has 0 bridgehead atoms. The predicted octanol–water partition coefficient (Wildman–Crippen LogP) is 2.82. The monoisotopic (exact) mass is 445 g/mol. The summed E-state index contributed by atoms with van der Waals surface area (Å²) in [5, 5.41) is 8.73. The van der Waals surface area contributed by atoms with Gasteiger partial charge >= 0.3 is 0 Å². The molecule has 0 aromatic carbocycles. The van der Waals surface area contributed by atoms with E-state index < -0.39 is 0 Å². The Morgan fingerprint density at radius 1 is 1.09 bits per heavy atom. The normalized spacial score (nSPS) is 27.7. The molecule has 1 unspecified atom stereocenters. The van der Waals surface area contributed by atoms with Gasteiger partial charge in [0.15, 0.2) is 0 Å². The van der Waals surface area contributed by atoms with Crippen molar-refractivity contribution < 1.29 is 13.9 Å². The van der Waals surface area contributed by atoms with Crippen molar-refractivity contribution in [2.45, 2.75) is 76.8 Å². The standard InChI is InChI=1S/C24H39N5O3/c1-18(2)22-25-26-23(32-22)20-15-24(7-9-27(10-8-24)19-5-3-4-6-19)17-29(20)16-21(30)28-11-13-31-14-12-28/h18-20H,3-17H2,1-2H3. The van der Waals surface area contributed by atoms with E-state index >= 15 is 0 Å². The van der Waals surface area contributed by atoms with Crippen molar-refractivity contribution in [1.29, 1.82) is 0 Å². The fourth-order valence-corrected chi connectivity index (χ4v) is 6.25. The second-order valence-electron chi connectivity index (χ2n) is 10.7. The summed E-state index contributed by atoms with van der Waals surface area (Å²) in [5.41, 5.74) is 0.248. The van der Waals surface area contributed by atoms with E-state index in [0.717, 1.165) is 19.0 Å². The summed E-state index contributed by atoms with van der Waals surface area (Å²) in [6.45, 7) is 10.6. The van der Waals surface area contributed by atoms with Gasteiger partial charge in [-0.2, -0.15) is 0 Å². The molecule has 4 heterocycles. The summed E-state index contributed by atoms with van der Waals surface area (Å²) in [6.07, 6.45) is 8.94. The van der Waals surface area contributed by atoms with Crippen molar-refractivity contribution in [3.8, 4) is 0 Å². The van der Waals surface area contributed by atoms with Crippen LogP contribution in [0.25, 0.3) is 0 Å². The summed E-state index contributed by atoms with van der Waals surface area (Å²) in [5.74, 6) is 1.79. The molecule has 5 rings (SSSR count). The highest BCUT2D eigenvalue weighted by atomic mass is 16.5. The number of hydrogen-bond donors (Lipinski definition) is 0. The summed E-state index contributed by atoms with van der Waals surface area (Å²) in [4.78, 5) is 20.1. The summed E-state index contributed by atoms with van der Waals surface area (Å²) in [6, 6.07) is 0.839. The van der Waals surface area contributed by atoms with E-state index in [9.17, 15) is 4.79 Å². The molecule has 0 radical (unpaired) electrons. The number of nitrogens with zero attached hydrogens (tertiary/aromatic N) is 5. The molecule has 3 saturated heterocycles. The molecule has 0 N–H and O–H groups in total. The molecule has 1 saturated carbocycles. The molecule has 1 spiro atoms. The number of amides is 1. The molecular formula is C24H39N5O3. The van der Waals surface area contributed by atoms with Gasteiger partial charge in [-0.25, -0.2) is 0 Å². The van der Waals surface area contributed by atoms with Crippen LogP contribution in [0, 0.1) is 5.41 Å². The van der Waals surface area contributed by atoms with E-state index in [1.54, 1.807) is 0 Å². The van der Waals surface area contributed by atoms with Crippen LogP contribution in [0.2, 0.25) is 0 Å². The smallest absolute Gasteiger partial charge is 0.236 e. The van der Waals surface area contributed by atoms with Crippen LogP contribution >= 0.6 is 0 Å². The molecule has 8 heteroatoms. The van der Waals surface area contributed by atoms with E-state index in [4.69, 9.17) is 9.15 Å². The Bertz CT molecular complexity index is 776. The van der Waals surface area contributed by atoms with Gasteiger partial charge in [-0.1, -0.05) is 26.7 Å². The number of likely N-dealkylation sites (tertiary alicyclic amines) is 2. The topological polar surface area (TPSA) is 74.9 Å². The highest BCUT2D eigenvalue weighted by Crippen LogP contribution is 2.49. The maximum atomic E-state index is 13.1. The largest absolute Gasteiger partial charge is 0.423 e. The van der Waals surface area contributed by atoms with Crippen molar-refractivity contribution in [3.63, 3.8) is 0 Å². The van der Waals surface area contributed by atoms with Gasteiger partial charge < -0.3 is 19.0 Å². The lowest BCUT2D eigenvalue weighted by atomic mass is 9.76. The Labute approximate surface area is 191 Å². The highest BCUT2D eigenvalue weighted by molar-refractivity contribution is 5.78. The van der Waals surface area contributed by atoms with E-state index in [1.165, 1.54) is 51.6 Å². The molecule has 1 amide bonds. The van der Waals surface area contributed by atoms with Crippen LogP contribution in [0.4, 0.5) is 0 Å². The van der Waals surface area contributed by atoms with Crippen LogP contribution in [-0.4, -0.2) is 89.3 Å². The lowest BCUT2D eigenvalue weighted by Crippen LogP contribution is -2.47.